The Morgan fingerprint density at radius 3 is 2.43 bits per heavy atom. The molecule has 0 radical (unpaired) electrons. The molecule has 1 aliphatic carbocycles. The third kappa shape index (κ3) is 5.57. The highest BCUT2D eigenvalue weighted by atomic mass is 32.1. The van der Waals surface area contributed by atoms with Crippen molar-refractivity contribution in [2.45, 2.75) is 32.3 Å². The molecule has 7 nitrogen and oxygen atoms in total. The van der Waals surface area contributed by atoms with E-state index >= 15 is 0 Å². The highest BCUT2D eigenvalue weighted by Crippen LogP contribution is 2.37. The van der Waals surface area contributed by atoms with Gasteiger partial charge in [0.1, 0.15) is 35.1 Å². The normalized spacial score (nSPS) is 12.7. The van der Waals surface area contributed by atoms with Crippen LogP contribution in [0.4, 0.5) is 5.00 Å². The number of carbonyl (C=O) groups excluding carboxylic acids is 1. The Balaban J connectivity index is 1.41. The van der Waals surface area contributed by atoms with Crippen LogP contribution in [0, 0.1) is 22.7 Å². The van der Waals surface area contributed by atoms with E-state index in [1.807, 2.05) is 6.07 Å². The molecule has 0 spiro atoms. The number of aromatic carboxylic acids is 1. The first-order valence-electron chi connectivity index (χ1n) is 11.0. The summed E-state index contributed by atoms with van der Waals surface area (Å²) in [6.07, 6.45) is 5.35. The summed E-state index contributed by atoms with van der Waals surface area (Å²) in [6.45, 7) is 0.271. The monoisotopic (exact) mass is 483 g/mol. The quantitative estimate of drug-likeness (QED) is 0.346. The molecule has 2 N–H and O–H groups in total. The second kappa shape index (κ2) is 10.7. The van der Waals surface area contributed by atoms with Gasteiger partial charge in [-0.05, 0) is 72.7 Å². The zero-order valence-corrected chi connectivity index (χ0v) is 19.5. The van der Waals surface area contributed by atoms with E-state index in [4.69, 9.17) is 9.84 Å². The molecule has 0 unspecified atom stereocenters. The number of hydrogen-bond donors (Lipinski definition) is 2. The van der Waals surface area contributed by atoms with Crippen LogP contribution in [0.3, 0.4) is 0 Å². The van der Waals surface area contributed by atoms with Gasteiger partial charge in [0.25, 0.3) is 5.91 Å². The SMILES string of the molecule is N#C/C(=C\c1ccc(OCc2ccc(C(=O)O)cc2)cc1)C(=O)Nc1sc2c(c1C#N)CCCC2. The maximum absolute atomic E-state index is 12.8. The number of amides is 1. The molecule has 2 aromatic carbocycles. The maximum atomic E-state index is 12.8. The molecule has 0 bridgehead atoms. The molecule has 0 saturated carbocycles. The van der Waals surface area contributed by atoms with Crippen LogP contribution in [0.15, 0.2) is 54.1 Å². The van der Waals surface area contributed by atoms with E-state index in [9.17, 15) is 20.1 Å². The van der Waals surface area contributed by atoms with Crippen LogP contribution in [-0.2, 0) is 24.2 Å². The van der Waals surface area contributed by atoms with Crippen molar-refractivity contribution in [3.05, 3.63) is 86.8 Å². The summed E-state index contributed by atoms with van der Waals surface area (Å²) in [5.74, 6) is -0.936. The van der Waals surface area contributed by atoms with Gasteiger partial charge in [-0.25, -0.2) is 4.79 Å². The molecule has 1 aliphatic rings. The predicted molar refractivity (Wildman–Crippen MR) is 132 cm³/mol. The number of benzene rings is 2. The largest absolute Gasteiger partial charge is 0.489 e. The zero-order chi connectivity index (χ0) is 24.8. The van der Waals surface area contributed by atoms with Crippen molar-refractivity contribution in [1.82, 2.24) is 0 Å². The van der Waals surface area contributed by atoms with Crippen molar-refractivity contribution in [3.63, 3.8) is 0 Å². The minimum Gasteiger partial charge on any atom is -0.489 e. The summed E-state index contributed by atoms with van der Waals surface area (Å²) in [5, 5.41) is 31.3. The van der Waals surface area contributed by atoms with E-state index in [2.05, 4.69) is 11.4 Å². The number of ether oxygens (including phenoxy) is 1. The molecule has 1 heterocycles. The van der Waals surface area contributed by atoms with Crippen molar-refractivity contribution < 1.29 is 19.4 Å². The highest BCUT2D eigenvalue weighted by molar-refractivity contribution is 7.16. The molecule has 0 atom stereocenters. The Labute approximate surface area is 206 Å². The predicted octanol–water partition coefficient (Wildman–Crippen LogP) is 5.32. The Morgan fingerprint density at radius 2 is 1.77 bits per heavy atom. The fourth-order valence-electron chi connectivity index (χ4n) is 3.83. The number of fused-ring (bicyclic) bond motifs is 1. The number of rotatable bonds is 7. The molecule has 35 heavy (non-hydrogen) atoms. The summed E-state index contributed by atoms with van der Waals surface area (Å²) in [7, 11) is 0. The lowest BCUT2D eigenvalue weighted by Gasteiger charge is -2.09. The Kier molecular flexibility index (Phi) is 7.25. The van der Waals surface area contributed by atoms with Gasteiger partial charge < -0.3 is 15.2 Å². The molecule has 1 amide bonds. The van der Waals surface area contributed by atoms with E-state index in [1.165, 1.54) is 29.5 Å². The number of nitrogens with zero attached hydrogens (tertiary/aromatic N) is 2. The van der Waals surface area contributed by atoms with E-state index in [0.717, 1.165) is 41.7 Å². The average molecular weight is 484 g/mol. The van der Waals surface area contributed by atoms with Crippen molar-refractivity contribution >= 4 is 34.3 Å². The van der Waals surface area contributed by atoms with E-state index < -0.39 is 11.9 Å². The number of carbonyl (C=O) groups is 2. The average Bonchev–Trinajstić information content (AvgIpc) is 3.23. The highest BCUT2D eigenvalue weighted by Gasteiger charge is 2.22. The number of nitrogens with one attached hydrogen (secondary N) is 1. The van der Waals surface area contributed by atoms with Gasteiger partial charge in [0.05, 0.1) is 11.1 Å². The number of hydrogen-bond acceptors (Lipinski definition) is 6. The number of thiophene rings is 1. The standard InChI is InChI=1S/C27H21N3O4S/c28-14-20(25(31)30-26-23(15-29)22-3-1-2-4-24(22)35-26)13-17-7-11-21(12-8-17)34-16-18-5-9-19(10-6-18)27(32)33/h5-13H,1-4,16H2,(H,30,31)(H,32,33)/b20-13+. The smallest absolute Gasteiger partial charge is 0.335 e. The minimum absolute atomic E-state index is 0.0625. The second-order valence-electron chi connectivity index (χ2n) is 8.01. The lowest BCUT2D eigenvalue weighted by atomic mass is 9.96. The molecular weight excluding hydrogens is 462 g/mol. The van der Waals surface area contributed by atoms with Crippen LogP contribution < -0.4 is 10.1 Å². The van der Waals surface area contributed by atoms with Gasteiger partial charge in [-0.15, -0.1) is 11.3 Å². The lowest BCUT2D eigenvalue weighted by Crippen LogP contribution is -2.13. The fourth-order valence-corrected chi connectivity index (χ4v) is 5.06. The number of carboxylic acids is 1. The summed E-state index contributed by atoms with van der Waals surface area (Å²) in [4.78, 5) is 24.8. The third-order valence-electron chi connectivity index (χ3n) is 5.67. The maximum Gasteiger partial charge on any atom is 0.335 e. The molecule has 8 heteroatoms. The molecule has 0 fully saturated rings. The molecule has 174 valence electrons. The van der Waals surface area contributed by atoms with Crippen LogP contribution in [0.25, 0.3) is 6.08 Å². The van der Waals surface area contributed by atoms with Crippen LogP contribution in [-0.4, -0.2) is 17.0 Å². The molecule has 4 rings (SSSR count). The van der Waals surface area contributed by atoms with Gasteiger partial charge in [-0.1, -0.05) is 24.3 Å². The number of carboxylic acid groups (broad SMARTS) is 1. The summed E-state index contributed by atoms with van der Waals surface area (Å²) >= 11 is 1.42. The molecule has 0 saturated heterocycles. The summed E-state index contributed by atoms with van der Waals surface area (Å²) in [5.41, 5.74) is 3.16. The second-order valence-corrected chi connectivity index (χ2v) is 9.12. The first kappa shape index (κ1) is 23.7. The molecule has 3 aromatic rings. The van der Waals surface area contributed by atoms with Gasteiger partial charge in [0, 0.05) is 4.88 Å². The first-order chi connectivity index (χ1) is 17.0. The van der Waals surface area contributed by atoms with Crippen molar-refractivity contribution in [3.8, 4) is 17.9 Å². The Hall–Kier alpha value is -4.40. The van der Waals surface area contributed by atoms with Crippen molar-refractivity contribution in [2.24, 2.45) is 0 Å². The van der Waals surface area contributed by atoms with E-state index in [1.54, 1.807) is 36.4 Å². The van der Waals surface area contributed by atoms with Gasteiger partial charge in [0.2, 0.25) is 0 Å². The van der Waals surface area contributed by atoms with Gasteiger partial charge in [0.15, 0.2) is 0 Å². The van der Waals surface area contributed by atoms with Crippen LogP contribution in [0.1, 0.15) is 50.3 Å². The number of nitriles is 2. The topological polar surface area (TPSA) is 123 Å². The van der Waals surface area contributed by atoms with Gasteiger partial charge >= 0.3 is 5.97 Å². The van der Waals surface area contributed by atoms with Crippen LogP contribution >= 0.6 is 11.3 Å². The number of aryl methyl sites for hydroxylation is 1. The van der Waals surface area contributed by atoms with Gasteiger partial charge in [-0.2, -0.15) is 10.5 Å². The zero-order valence-electron chi connectivity index (χ0n) is 18.7. The van der Waals surface area contributed by atoms with Crippen LogP contribution in [0.2, 0.25) is 0 Å². The van der Waals surface area contributed by atoms with Gasteiger partial charge in [-0.3, -0.25) is 4.79 Å². The molecule has 0 aliphatic heterocycles. The van der Waals surface area contributed by atoms with E-state index in [-0.39, 0.29) is 17.7 Å². The molecule has 1 aromatic heterocycles. The summed E-state index contributed by atoms with van der Waals surface area (Å²) < 4.78 is 5.73. The fraction of sp³-hybridized carbons (Fsp3) is 0.185. The van der Waals surface area contributed by atoms with Crippen LogP contribution in [0.5, 0.6) is 5.75 Å². The van der Waals surface area contributed by atoms with Crippen molar-refractivity contribution in [1.29, 1.82) is 10.5 Å². The van der Waals surface area contributed by atoms with Crippen molar-refractivity contribution in [2.75, 3.05) is 5.32 Å². The lowest BCUT2D eigenvalue weighted by molar-refractivity contribution is -0.112. The summed E-state index contributed by atoms with van der Waals surface area (Å²) in [6, 6.07) is 17.5. The molecular formula is C27H21N3O4S. The first-order valence-corrected chi connectivity index (χ1v) is 11.8. The third-order valence-corrected chi connectivity index (χ3v) is 6.88. The minimum atomic E-state index is -0.980. The Bertz CT molecular complexity index is 1370. The number of anilines is 1. The van der Waals surface area contributed by atoms with E-state index in [0.29, 0.717) is 21.9 Å². The Morgan fingerprint density at radius 1 is 1.06 bits per heavy atom.